The maximum atomic E-state index is 11.6. The van der Waals surface area contributed by atoms with Gasteiger partial charge in [0.1, 0.15) is 10.1 Å². The summed E-state index contributed by atoms with van der Waals surface area (Å²) in [5.74, 6) is 0.105. The molecule has 1 saturated heterocycles. The first kappa shape index (κ1) is 13.9. The number of nitrogens with one attached hydrogen (secondary N) is 1. The molecule has 2 aromatic carbocycles. The summed E-state index contributed by atoms with van der Waals surface area (Å²) < 4.78 is 0.493. The van der Waals surface area contributed by atoms with Crippen LogP contribution in [0.5, 0.6) is 5.75 Å². The molecule has 2 N–H and O–H groups in total. The molecule has 0 radical (unpaired) electrons. The molecule has 0 spiro atoms. The summed E-state index contributed by atoms with van der Waals surface area (Å²) in [5, 5.41) is 11.9. The van der Waals surface area contributed by atoms with Crippen LogP contribution >= 0.6 is 24.0 Å². The molecule has 1 amide bonds. The Bertz CT molecular complexity index is 734. The Balaban J connectivity index is 1.84. The van der Waals surface area contributed by atoms with Gasteiger partial charge >= 0.3 is 0 Å². The summed E-state index contributed by atoms with van der Waals surface area (Å²) in [6.07, 6.45) is 1.82. The van der Waals surface area contributed by atoms with Crippen molar-refractivity contribution >= 4 is 40.3 Å². The summed E-state index contributed by atoms with van der Waals surface area (Å²) in [5.41, 5.74) is 3.03. The summed E-state index contributed by atoms with van der Waals surface area (Å²) in [6.45, 7) is 0. The lowest BCUT2D eigenvalue weighted by molar-refractivity contribution is -0.115. The van der Waals surface area contributed by atoms with Gasteiger partial charge in [-0.2, -0.15) is 0 Å². The van der Waals surface area contributed by atoms with Crippen LogP contribution < -0.4 is 5.32 Å². The van der Waals surface area contributed by atoms with Crippen molar-refractivity contribution in [1.82, 2.24) is 5.32 Å². The molecule has 2 aromatic rings. The second-order valence-corrected chi connectivity index (χ2v) is 6.24. The molecular weight excluding hydrogens is 302 g/mol. The topological polar surface area (TPSA) is 49.3 Å². The van der Waals surface area contributed by atoms with E-state index < -0.39 is 0 Å². The molecule has 104 valence electrons. The van der Waals surface area contributed by atoms with Crippen LogP contribution in [0.2, 0.25) is 0 Å². The van der Waals surface area contributed by atoms with Crippen molar-refractivity contribution < 1.29 is 9.90 Å². The van der Waals surface area contributed by atoms with Gasteiger partial charge in [0.2, 0.25) is 0 Å². The number of hydrogen-bond acceptors (Lipinski definition) is 4. The largest absolute Gasteiger partial charge is 0.508 e. The first-order chi connectivity index (χ1) is 10.1. The number of carbonyl (C=O) groups is 1. The Hall–Kier alpha value is -2.11. The number of phenolic OH excluding ortho intramolecular Hbond substituents is 1. The predicted molar refractivity (Wildman–Crippen MR) is 89.9 cm³/mol. The van der Waals surface area contributed by atoms with Crippen LogP contribution in [0.3, 0.4) is 0 Å². The zero-order valence-corrected chi connectivity index (χ0v) is 12.5. The van der Waals surface area contributed by atoms with E-state index in [-0.39, 0.29) is 11.7 Å². The van der Waals surface area contributed by atoms with E-state index >= 15 is 0 Å². The maximum Gasteiger partial charge on any atom is 0.263 e. The number of hydrogen-bond donors (Lipinski definition) is 2. The molecule has 1 fully saturated rings. The van der Waals surface area contributed by atoms with Gasteiger partial charge in [-0.15, -0.1) is 0 Å². The molecule has 21 heavy (non-hydrogen) atoms. The lowest BCUT2D eigenvalue weighted by Gasteiger charge is -2.03. The van der Waals surface area contributed by atoms with E-state index in [1.807, 2.05) is 42.5 Å². The van der Waals surface area contributed by atoms with Crippen molar-refractivity contribution in [3.63, 3.8) is 0 Å². The van der Waals surface area contributed by atoms with Gasteiger partial charge in [-0.25, -0.2) is 0 Å². The van der Waals surface area contributed by atoms with Crippen molar-refractivity contribution in [2.24, 2.45) is 0 Å². The molecule has 0 saturated carbocycles. The van der Waals surface area contributed by atoms with Gasteiger partial charge < -0.3 is 10.4 Å². The second-order valence-electron chi connectivity index (χ2n) is 4.52. The number of phenols is 1. The lowest BCUT2D eigenvalue weighted by atomic mass is 10.0. The fourth-order valence-electron chi connectivity index (χ4n) is 2.00. The average molecular weight is 313 g/mol. The molecule has 5 heteroatoms. The van der Waals surface area contributed by atoms with Gasteiger partial charge in [0.25, 0.3) is 5.91 Å². The van der Waals surface area contributed by atoms with Gasteiger partial charge in [-0.05, 0) is 34.9 Å². The highest BCUT2D eigenvalue weighted by molar-refractivity contribution is 8.26. The van der Waals surface area contributed by atoms with Crippen molar-refractivity contribution in [3.05, 3.63) is 59.0 Å². The third-order valence-corrected chi connectivity index (χ3v) is 4.21. The minimum absolute atomic E-state index is 0.146. The SMILES string of the molecule is O=C1NC(=S)S/C1=C\c1ccc(-c2ccc(O)cc2)cc1. The van der Waals surface area contributed by atoms with Crippen LogP contribution in [0.15, 0.2) is 53.4 Å². The molecular formula is C16H11NO2S2. The normalized spacial score (nSPS) is 16.3. The number of rotatable bonds is 2. The monoisotopic (exact) mass is 313 g/mol. The standard InChI is InChI=1S/C16H11NO2S2/c18-13-7-5-12(6-8-13)11-3-1-10(2-4-11)9-14-15(19)17-16(20)21-14/h1-9,18H,(H,17,19,20)/b14-9-. The van der Waals surface area contributed by atoms with Crippen LogP contribution in [0.1, 0.15) is 5.56 Å². The number of thioether (sulfide) groups is 1. The van der Waals surface area contributed by atoms with E-state index in [1.165, 1.54) is 11.8 Å². The fraction of sp³-hybridized carbons (Fsp3) is 0. The van der Waals surface area contributed by atoms with Crippen molar-refractivity contribution in [1.29, 1.82) is 0 Å². The molecule has 1 aliphatic heterocycles. The summed E-state index contributed by atoms with van der Waals surface area (Å²) in [7, 11) is 0. The van der Waals surface area contributed by atoms with Crippen molar-refractivity contribution in [2.45, 2.75) is 0 Å². The molecule has 0 unspecified atom stereocenters. The Morgan fingerprint density at radius 2 is 1.57 bits per heavy atom. The van der Waals surface area contributed by atoms with E-state index in [2.05, 4.69) is 5.32 Å². The molecule has 0 bridgehead atoms. The average Bonchev–Trinajstić information content (AvgIpc) is 2.79. The lowest BCUT2D eigenvalue weighted by Crippen LogP contribution is -2.17. The number of carbonyl (C=O) groups excluding carboxylic acids is 1. The highest BCUT2D eigenvalue weighted by Crippen LogP contribution is 2.27. The smallest absolute Gasteiger partial charge is 0.263 e. The van der Waals surface area contributed by atoms with Crippen molar-refractivity contribution in [2.75, 3.05) is 0 Å². The Kier molecular flexibility index (Phi) is 3.77. The second kappa shape index (κ2) is 5.71. The molecule has 3 rings (SSSR count). The number of aromatic hydroxyl groups is 1. The molecule has 1 heterocycles. The van der Waals surface area contributed by atoms with E-state index in [0.29, 0.717) is 9.23 Å². The fourth-order valence-corrected chi connectivity index (χ4v) is 3.04. The van der Waals surface area contributed by atoms with E-state index in [0.717, 1.165) is 16.7 Å². The Labute approximate surface area is 131 Å². The number of benzene rings is 2. The molecule has 0 aromatic heterocycles. The van der Waals surface area contributed by atoms with Crippen LogP contribution in [-0.4, -0.2) is 15.3 Å². The van der Waals surface area contributed by atoms with Gasteiger partial charge in [0.05, 0.1) is 4.91 Å². The number of amides is 1. The Morgan fingerprint density at radius 3 is 2.10 bits per heavy atom. The maximum absolute atomic E-state index is 11.6. The predicted octanol–water partition coefficient (Wildman–Crippen LogP) is 3.55. The quantitative estimate of drug-likeness (QED) is 0.657. The third-order valence-electron chi connectivity index (χ3n) is 3.05. The number of thiocarbonyl (C=S) groups is 1. The van der Waals surface area contributed by atoms with Gasteiger partial charge in [0.15, 0.2) is 0 Å². The zero-order valence-electron chi connectivity index (χ0n) is 10.9. The first-order valence-electron chi connectivity index (χ1n) is 6.26. The zero-order chi connectivity index (χ0) is 14.8. The highest BCUT2D eigenvalue weighted by atomic mass is 32.2. The summed E-state index contributed by atoms with van der Waals surface area (Å²) in [4.78, 5) is 12.2. The third kappa shape index (κ3) is 3.15. The van der Waals surface area contributed by atoms with Crippen molar-refractivity contribution in [3.8, 4) is 16.9 Å². The van der Waals surface area contributed by atoms with Crippen LogP contribution in [0.4, 0.5) is 0 Å². The first-order valence-corrected chi connectivity index (χ1v) is 7.48. The van der Waals surface area contributed by atoms with Crippen LogP contribution in [-0.2, 0) is 4.79 Å². The molecule has 0 aliphatic carbocycles. The van der Waals surface area contributed by atoms with E-state index in [1.54, 1.807) is 12.1 Å². The van der Waals surface area contributed by atoms with E-state index in [9.17, 15) is 9.90 Å². The Morgan fingerprint density at radius 1 is 1.00 bits per heavy atom. The minimum atomic E-state index is -0.146. The summed E-state index contributed by atoms with van der Waals surface area (Å²) in [6, 6.07) is 14.9. The molecule has 1 aliphatic rings. The van der Waals surface area contributed by atoms with Gasteiger partial charge in [-0.1, -0.05) is 60.4 Å². The van der Waals surface area contributed by atoms with E-state index in [4.69, 9.17) is 12.2 Å². The van der Waals surface area contributed by atoms with Crippen LogP contribution in [0, 0.1) is 0 Å². The van der Waals surface area contributed by atoms with Gasteiger partial charge in [0, 0.05) is 0 Å². The minimum Gasteiger partial charge on any atom is -0.508 e. The van der Waals surface area contributed by atoms with Crippen LogP contribution in [0.25, 0.3) is 17.2 Å². The molecule has 3 nitrogen and oxygen atoms in total. The van der Waals surface area contributed by atoms with Gasteiger partial charge in [-0.3, -0.25) is 4.79 Å². The molecule has 0 atom stereocenters. The summed E-state index contributed by atoms with van der Waals surface area (Å²) >= 11 is 6.23. The highest BCUT2D eigenvalue weighted by Gasteiger charge is 2.21.